The molecule has 6 nitrogen and oxygen atoms in total. The van der Waals surface area contributed by atoms with Gasteiger partial charge in [-0.2, -0.15) is 8.42 Å². The van der Waals surface area contributed by atoms with Crippen molar-refractivity contribution in [3.8, 4) is 18.1 Å². The molecule has 0 unspecified atom stereocenters. The smallest absolute Gasteiger partial charge is 1.00 e. The zero-order valence-corrected chi connectivity index (χ0v) is 19.1. The van der Waals surface area contributed by atoms with E-state index < -0.39 is 16.0 Å². The molecule has 2 fully saturated rings. The first-order valence-electron chi connectivity index (χ1n) is 9.20. The topological polar surface area (TPSA) is 115 Å². The summed E-state index contributed by atoms with van der Waals surface area (Å²) < 4.78 is 31.6. The van der Waals surface area contributed by atoms with Gasteiger partial charge < -0.3 is 11.6 Å². The van der Waals surface area contributed by atoms with Crippen LogP contribution in [0.5, 0.6) is 5.75 Å². The fourth-order valence-electron chi connectivity index (χ4n) is 5.82. The van der Waals surface area contributed by atoms with Crippen molar-refractivity contribution in [3.05, 3.63) is 29.3 Å². The third-order valence-electron chi connectivity index (χ3n) is 7.10. The molecule has 0 aliphatic heterocycles. The van der Waals surface area contributed by atoms with Crippen molar-refractivity contribution < 1.29 is 58.7 Å². The predicted molar refractivity (Wildman–Crippen MR) is 102 cm³/mol. The van der Waals surface area contributed by atoms with E-state index in [0.29, 0.717) is 23.5 Å². The molecule has 4 N–H and O–H groups in total. The Labute approximate surface area is 190 Å². The summed E-state index contributed by atoms with van der Waals surface area (Å²) in [5, 5.41) is 20.6. The summed E-state index contributed by atoms with van der Waals surface area (Å²) in [6.07, 6.45) is 11.8. The van der Waals surface area contributed by atoms with E-state index in [1.54, 1.807) is 0 Å². The number of aryl methyl sites for hydroxylation is 1. The zero-order valence-electron chi connectivity index (χ0n) is 17.3. The molecule has 2 saturated carbocycles. The minimum absolute atomic E-state index is 0. The van der Waals surface area contributed by atoms with Crippen LogP contribution in [-0.2, 0) is 16.8 Å². The van der Waals surface area contributed by atoms with Crippen molar-refractivity contribution in [2.75, 3.05) is 0 Å². The minimum atomic E-state index is -4.67. The Hall–Kier alpha value is -0.590. The molecule has 0 bridgehead atoms. The average Bonchev–Trinajstić information content (AvgIpc) is 2.85. The fourth-order valence-corrected chi connectivity index (χ4v) is 5.82. The molecule has 150 valence electrons. The maximum Gasteiger partial charge on any atom is 1.00 e. The first kappa shape index (κ1) is 23.7. The van der Waals surface area contributed by atoms with E-state index in [9.17, 15) is 10.2 Å². The molecule has 5 atom stereocenters. The van der Waals surface area contributed by atoms with Gasteiger partial charge in [-0.3, -0.25) is 9.11 Å². The third kappa shape index (κ3) is 4.29. The first-order valence-corrected chi connectivity index (χ1v) is 10.6. The number of aromatic hydroxyl groups is 1. The van der Waals surface area contributed by atoms with E-state index in [-0.39, 0.29) is 36.4 Å². The third-order valence-corrected chi connectivity index (χ3v) is 7.10. The van der Waals surface area contributed by atoms with Crippen molar-refractivity contribution in [1.82, 2.24) is 0 Å². The normalized spacial score (nSPS) is 35.8. The molecule has 1 aromatic rings. The number of fused-ring (bicyclic) bond motifs is 5. The Kier molecular flexibility index (Phi) is 7.00. The number of rotatable bonds is 0. The average molecular weight is 418 g/mol. The van der Waals surface area contributed by atoms with Gasteiger partial charge in [0.1, 0.15) is 11.4 Å². The Morgan fingerprint density at radius 1 is 1.21 bits per heavy atom. The molecular formula is C20H27NaO6S. The summed E-state index contributed by atoms with van der Waals surface area (Å²) in [6, 6.07) is 5.87. The van der Waals surface area contributed by atoms with Crippen LogP contribution in [0, 0.1) is 29.6 Å². The molecule has 0 radical (unpaired) electrons. The van der Waals surface area contributed by atoms with Crippen molar-refractivity contribution in [2.24, 2.45) is 17.3 Å². The van der Waals surface area contributed by atoms with Crippen LogP contribution in [0.15, 0.2) is 18.2 Å². The molecule has 4 rings (SSSR count). The number of aliphatic hydroxyl groups is 1. The molecule has 8 heteroatoms. The SMILES string of the molecule is C#C[C@]1(O)CC[C@H]2[C@@H]3CCc4cc(O)ccc4[C@H]3CC[C@@]21C.O=S(=O)(O)O.[H-].[Na+]. The number of hydrogen-bond acceptors (Lipinski definition) is 4. The number of benzene rings is 1. The van der Waals surface area contributed by atoms with Gasteiger partial charge in [0.25, 0.3) is 0 Å². The molecule has 0 saturated heterocycles. The molecule has 0 spiro atoms. The van der Waals surface area contributed by atoms with Gasteiger partial charge in [0.05, 0.1) is 0 Å². The quantitative estimate of drug-likeness (QED) is 0.269. The largest absolute Gasteiger partial charge is 1.00 e. The van der Waals surface area contributed by atoms with Gasteiger partial charge in [0.2, 0.25) is 0 Å². The van der Waals surface area contributed by atoms with Gasteiger partial charge >= 0.3 is 40.0 Å². The van der Waals surface area contributed by atoms with Crippen molar-refractivity contribution in [2.45, 2.75) is 57.0 Å². The molecule has 3 aliphatic carbocycles. The van der Waals surface area contributed by atoms with Crippen molar-refractivity contribution in [3.63, 3.8) is 0 Å². The zero-order chi connectivity index (χ0) is 20.0. The van der Waals surface area contributed by atoms with Gasteiger partial charge in [-0.15, -0.1) is 6.42 Å². The van der Waals surface area contributed by atoms with E-state index in [1.807, 2.05) is 12.1 Å². The molecule has 1 aromatic carbocycles. The minimum Gasteiger partial charge on any atom is -1.00 e. The Morgan fingerprint density at radius 3 is 2.46 bits per heavy atom. The Bertz CT molecular complexity index is 877. The number of terminal acetylenes is 1. The van der Waals surface area contributed by atoms with Gasteiger partial charge in [-0.25, -0.2) is 0 Å². The summed E-state index contributed by atoms with van der Waals surface area (Å²) in [5.41, 5.74) is 1.69. The van der Waals surface area contributed by atoms with Gasteiger partial charge in [-0.1, -0.05) is 18.9 Å². The van der Waals surface area contributed by atoms with E-state index >= 15 is 0 Å². The number of phenolic OH excluding ortho intramolecular Hbond substituents is 1. The summed E-state index contributed by atoms with van der Waals surface area (Å²) in [4.78, 5) is 0. The molecule has 0 amide bonds. The van der Waals surface area contributed by atoms with Gasteiger partial charge in [-0.05, 0) is 79.5 Å². The van der Waals surface area contributed by atoms with Crippen LogP contribution >= 0.6 is 0 Å². The van der Waals surface area contributed by atoms with Crippen LogP contribution in [0.25, 0.3) is 0 Å². The van der Waals surface area contributed by atoms with E-state index in [1.165, 1.54) is 11.1 Å². The monoisotopic (exact) mass is 418 g/mol. The standard InChI is InChI=1S/C20H24O2.Na.H2O4S.H/c1-3-20(22)11-9-18-17-6-4-13-12-14(21)5-7-15(13)16(17)8-10-19(18,20)2;;1-5(2,3)4;/h1,5,7,12,16-18,21-22H,4,6,8-11H2,2H3;;(H2,1,2,3,4);/q;+1;;-1/t16-,17-,18+,19+,20+;;;/m1.../s1. The summed E-state index contributed by atoms with van der Waals surface area (Å²) in [5.74, 6) is 4.82. The maximum absolute atomic E-state index is 10.9. The Morgan fingerprint density at radius 2 is 1.86 bits per heavy atom. The van der Waals surface area contributed by atoms with E-state index in [4.69, 9.17) is 23.9 Å². The summed E-state index contributed by atoms with van der Waals surface area (Å²) in [7, 11) is -4.67. The number of hydrogen-bond donors (Lipinski definition) is 4. The summed E-state index contributed by atoms with van der Waals surface area (Å²) in [6.45, 7) is 2.22. The number of phenols is 1. The van der Waals surface area contributed by atoms with E-state index in [2.05, 4.69) is 18.9 Å². The van der Waals surface area contributed by atoms with Crippen LogP contribution in [0.3, 0.4) is 0 Å². The second-order valence-electron chi connectivity index (χ2n) is 8.25. The molecule has 0 heterocycles. The van der Waals surface area contributed by atoms with Gasteiger partial charge in [0.15, 0.2) is 0 Å². The second-order valence-corrected chi connectivity index (χ2v) is 9.14. The summed E-state index contributed by atoms with van der Waals surface area (Å²) >= 11 is 0. The van der Waals surface area contributed by atoms with Crippen LogP contribution in [0.4, 0.5) is 0 Å². The second kappa shape index (κ2) is 8.27. The van der Waals surface area contributed by atoms with Crippen LogP contribution in [0.1, 0.15) is 57.5 Å². The van der Waals surface area contributed by atoms with Crippen LogP contribution < -0.4 is 29.6 Å². The first-order chi connectivity index (χ1) is 12.5. The fraction of sp³-hybridized carbons (Fsp3) is 0.600. The Balaban J connectivity index is 0.000000542. The van der Waals surface area contributed by atoms with Crippen molar-refractivity contribution in [1.29, 1.82) is 0 Å². The molecule has 28 heavy (non-hydrogen) atoms. The van der Waals surface area contributed by atoms with Crippen molar-refractivity contribution >= 4 is 10.4 Å². The van der Waals surface area contributed by atoms with E-state index in [0.717, 1.165) is 38.5 Å². The molecule has 0 aromatic heterocycles. The molecule has 3 aliphatic rings. The predicted octanol–water partition coefficient (Wildman–Crippen LogP) is 0.0763. The van der Waals surface area contributed by atoms with Crippen LogP contribution in [-0.4, -0.2) is 33.3 Å². The maximum atomic E-state index is 10.9. The van der Waals surface area contributed by atoms with Gasteiger partial charge in [0, 0.05) is 5.41 Å². The molecular weight excluding hydrogens is 391 g/mol. The van der Waals surface area contributed by atoms with Crippen LogP contribution in [0.2, 0.25) is 0 Å².